The first-order chi connectivity index (χ1) is 15.0. The van der Waals surface area contributed by atoms with Crippen LogP contribution in [0, 0.1) is 5.92 Å². The van der Waals surface area contributed by atoms with E-state index in [2.05, 4.69) is 16.0 Å². The number of urea groups is 1. The highest BCUT2D eigenvalue weighted by Gasteiger charge is 2.24. The van der Waals surface area contributed by atoms with Crippen molar-refractivity contribution in [2.24, 2.45) is 5.92 Å². The summed E-state index contributed by atoms with van der Waals surface area (Å²) >= 11 is 5.87. The molecule has 3 N–H and O–H groups in total. The van der Waals surface area contributed by atoms with Crippen LogP contribution in [0.2, 0.25) is 5.02 Å². The van der Waals surface area contributed by atoms with Crippen LogP contribution in [-0.2, 0) is 9.59 Å². The van der Waals surface area contributed by atoms with Crippen molar-refractivity contribution in [2.45, 2.75) is 12.8 Å². The molecule has 0 unspecified atom stereocenters. The van der Waals surface area contributed by atoms with Crippen molar-refractivity contribution in [3.05, 3.63) is 53.6 Å². The molecule has 164 valence electrons. The molecule has 1 aliphatic rings. The summed E-state index contributed by atoms with van der Waals surface area (Å²) in [6, 6.07) is 13.6. The first-order valence-corrected chi connectivity index (χ1v) is 10.4. The molecule has 1 aliphatic heterocycles. The second kappa shape index (κ2) is 10.7. The van der Waals surface area contributed by atoms with Gasteiger partial charge in [-0.25, -0.2) is 4.79 Å². The molecule has 1 heterocycles. The number of ether oxygens (including phenoxy) is 1. The Bertz CT molecular complexity index is 945. The number of nitrogens with one attached hydrogen (secondary N) is 3. The molecule has 0 saturated carbocycles. The molecule has 0 aromatic heterocycles. The maximum absolute atomic E-state index is 12.5. The van der Waals surface area contributed by atoms with E-state index in [0.717, 1.165) is 12.8 Å². The molecule has 2 aromatic rings. The van der Waals surface area contributed by atoms with Gasteiger partial charge in [0, 0.05) is 30.3 Å². The lowest BCUT2D eigenvalue weighted by Gasteiger charge is -2.32. The molecule has 3 rings (SSSR count). The maximum atomic E-state index is 12.5. The van der Waals surface area contributed by atoms with E-state index in [1.165, 1.54) is 0 Å². The van der Waals surface area contributed by atoms with E-state index in [1.807, 2.05) is 12.1 Å². The smallest absolute Gasteiger partial charge is 0.321 e. The average molecular weight is 445 g/mol. The lowest BCUT2D eigenvalue weighted by Crippen LogP contribution is -2.44. The van der Waals surface area contributed by atoms with E-state index < -0.39 is 11.8 Å². The minimum Gasteiger partial charge on any atom is -0.495 e. The lowest BCUT2D eigenvalue weighted by atomic mass is 9.97. The number of para-hydroxylation sites is 2. The molecule has 9 heteroatoms. The molecular formula is C22H25ClN4O4. The van der Waals surface area contributed by atoms with Gasteiger partial charge < -0.3 is 25.6 Å². The third-order valence-corrected chi connectivity index (χ3v) is 5.33. The van der Waals surface area contributed by atoms with Gasteiger partial charge in [-0.15, -0.1) is 0 Å². The van der Waals surface area contributed by atoms with Crippen molar-refractivity contribution in [3.63, 3.8) is 0 Å². The molecule has 1 saturated heterocycles. The zero-order chi connectivity index (χ0) is 22.2. The fourth-order valence-corrected chi connectivity index (χ4v) is 3.54. The van der Waals surface area contributed by atoms with E-state index in [1.54, 1.807) is 48.4 Å². The number of nitrogens with zero attached hydrogens (tertiary/aromatic N) is 1. The van der Waals surface area contributed by atoms with Gasteiger partial charge in [-0.1, -0.05) is 29.8 Å². The van der Waals surface area contributed by atoms with Gasteiger partial charge in [0.15, 0.2) is 0 Å². The summed E-state index contributed by atoms with van der Waals surface area (Å²) in [7, 11) is 1.56. The van der Waals surface area contributed by atoms with Crippen molar-refractivity contribution in [2.75, 3.05) is 37.4 Å². The predicted octanol–water partition coefficient (Wildman–Crippen LogP) is 3.35. The number of amides is 4. The quantitative estimate of drug-likeness (QED) is 0.616. The van der Waals surface area contributed by atoms with Crippen LogP contribution in [0.25, 0.3) is 0 Å². The van der Waals surface area contributed by atoms with Crippen LogP contribution in [0.5, 0.6) is 5.75 Å². The Hall–Kier alpha value is -3.26. The number of carbonyl (C=O) groups is 3. The average Bonchev–Trinajstić information content (AvgIpc) is 2.78. The third-order valence-electron chi connectivity index (χ3n) is 5.09. The van der Waals surface area contributed by atoms with E-state index in [4.69, 9.17) is 16.3 Å². The number of hydrogen-bond donors (Lipinski definition) is 3. The Labute approximate surface area is 185 Å². The summed E-state index contributed by atoms with van der Waals surface area (Å²) < 4.78 is 5.25. The van der Waals surface area contributed by atoms with Crippen LogP contribution in [0.3, 0.4) is 0 Å². The van der Waals surface area contributed by atoms with Crippen LogP contribution in [0.1, 0.15) is 12.8 Å². The molecule has 1 fully saturated rings. The Kier molecular flexibility index (Phi) is 7.72. The highest BCUT2D eigenvalue weighted by Crippen LogP contribution is 2.24. The van der Waals surface area contributed by atoms with E-state index in [0.29, 0.717) is 41.8 Å². The van der Waals surface area contributed by atoms with Crippen LogP contribution in [0.15, 0.2) is 48.5 Å². The first kappa shape index (κ1) is 22.4. The van der Waals surface area contributed by atoms with Crippen molar-refractivity contribution >= 4 is 40.8 Å². The number of halogens is 1. The van der Waals surface area contributed by atoms with Gasteiger partial charge in [0.1, 0.15) is 5.75 Å². The number of rotatable bonds is 5. The normalized spacial score (nSPS) is 13.9. The molecule has 0 aliphatic carbocycles. The summed E-state index contributed by atoms with van der Waals surface area (Å²) in [6.45, 7) is 1.51. The number of benzene rings is 2. The number of carbonyl (C=O) groups excluding carboxylic acids is 3. The predicted molar refractivity (Wildman–Crippen MR) is 119 cm³/mol. The van der Waals surface area contributed by atoms with Gasteiger partial charge >= 0.3 is 17.8 Å². The van der Waals surface area contributed by atoms with Crippen LogP contribution in [0.4, 0.5) is 16.2 Å². The number of piperidine rings is 1. The van der Waals surface area contributed by atoms with Gasteiger partial charge in [0.25, 0.3) is 0 Å². The first-order valence-electron chi connectivity index (χ1n) is 10.00. The zero-order valence-electron chi connectivity index (χ0n) is 17.2. The van der Waals surface area contributed by atoms with Crippen molar-refractivity contribution in [3.8, 4) is 5.75 Å². The van der Waals surface area contributed by atoms with Gasteiger partial charge in [0.2, 0.25) is 0 Å². The second-order valence-corrected chi connectivity index (χ2v) is 7.67. The Balaban J connectivity index is 1.41. The molecule has 8 nitrogen and oxygen atoms in total. The SMILES string of the molecule is COc1ccccc1NC(=O)N1CCC(CNC(=O)C(=O)Nc2cccc(Cl)c2)CC1. The van der Waals surface area contributed by atoms with Crippen molar-refractivity contribution < 1.29 is 19.1 Å². The number of hydrogen-bond acceptors (Lipinski definition) is 4. The van der Waals surface area contributed by atoms with Crippen LogP contribution < -0.4 is 20.7 Å². The molecule has 4 amide bonds. The highest BCUT2D eigenvalue weighted by atomic mass is 35.5. The fraction of sp³-hybridized carbons (Fsp3) is 0.318. The van der Waals surface area contributed by atoms with E-state index in [-0.39, 0.29) is 11.9 Å². The van der Waals surface area contributed by atoms with Crippen molar-refractivity contribution in [1.82, 2.24) is 10.2 Å². The summed E-state index contributed by atoms with van der Waals surface area (Å²) in [5, 5.41) is 8.52. The Morgan fingerprint density at radius 2 is 1.77 bits per heavy atom. The van der Waals surface area contributed by atoms with Gasteiger partial charge in [0.05, 0.1) is 12.8 Å². The Morgan fingerprint density at radius 3 is 2.48 bits per heavy atom. The highest BCUT2D eigenvalue weighted by molar-refractivity contribution is 6.39. The molecule has 31 heavy (non-hydrogen) atoms. The molecule has 0 spiro atoms. The monoisotopic (exact) mass is 444 g/mol. The third kappa shape index (κ3) is 6.36. The van der Waals surface area contributed by atoms with Gasteiger partial charge in [-0.3, -0.25) is 9.59 Å². The summed E-state index contributed by atoms with van der Waals surface area (Å²) in [5.41, 5.74) is 1.08. The largest absolute Gasteiger partial charge is 0.495 e. The summed E-state index contributed by atoms with van der Waals surface area (Å²) in [4.78, 5) is 38.3. The molecular weight excluding hydrogens is 420 g/mol. The minimum atomic E-state index is -0.740. The van der Waals surface area contributed by atoms with Gasteiger partial charge in [-0.05, 0) is 49.1 Å². The molecule has 0 bridgehead atoms. The lowest BCUT2D eigenvalue weighted by molar-refractivity contribution is -0.136. The number of anilines is 2. The second-order valence-electron chi connectivity index (χ2n) is 7.24. The minimum absolute atomic E-state index is 0.187. The maximum Gasteiger partial charge on any atom is 0.321 e. The summed E-state index contributed by atoms with van der Waals surface area (Å²) in [5.74, 6) is -0.644. The van der Waals surface area contributed by atoms with Gasteiger partial charge in [-0.2, -0.15) is 0 Å². The molecule has 0 radical (unpaired) electrons. The number of methoxy groups -OCH3 is 1. The van der Waals surface area contributed by atoms with Crippen LogP contribution >= 0.6 is 11.6 Å². The summed E-state index contributed by atoms with van der Waals surface area (Å²) in [6.07, 6.45) is 1.46. The molecule has 2 aromatic carbocycles. The standard InChI is InChI=1S/C22H25ClN4O4/c1-31-19-8-3-2-7-18(19)26-22(30)27-11-9-15(10-12-27)14-24-20(28)21(29)25-17-6-4-5-16(23)13-17/h2-8,13,15H,9-12,14H2,1H3,(H,24,28)(H,25,29)(H,26,30). The topological polar surface area (TPSA) is 99.8 Å². The zero-order valence-corrected chi connectivity index (χ0v) is 17.9. The van der Waals surface area contributed by atoms with E-state index in [9.17, 15) is 14.4 Å². The fourth-order valence-electron chi connectivity index (χ4n) is 3.35. The van der Waals surface area contributed by atoms with E-state index >= 15 is 0 Å². The Morgan fingerprint density at radius 1 is 1.03 bits per heavy atom. The van der Waals surface area contributed by atoms with Crippen molar-refractivity contribution in [1.29, 1.82) is 0 Å². The molecule has 0 atom stereocenters. The van der Waals surface area contributed by atoms with Crippen LogP contribution in [-0.4, -0.2) is 49.5 Å². The number of likely N-dealkylation sites (tertiary alicyclic amines) is 1.